The van der Waals surface area contributed by atoms with Crippen molar-refractivity contribution in [1.82, 2.24) is 0 Å². The van der Waals surface area contributed by atoms with Crippen molar-refractivity contribution in [1.29, 1.82) is 0 Å². The molecule has 2 rings (SSSR count). The number of methoxy groups -OCH3 is 2. The van der Waals surface area contributed by atoms with Crippen molar-refractivity contribution in [2.75, 3.05) is 19.5 Å². The number of ether oxygens (including phenoxy) is 2. The Morgan fingerprint density at radius 1 is 1.10 bits per heavy atom. The summed E-state index contributed by atoms with van der Waals surface area (Å²) in [5.74, 6) is 1.44. The fourth-order valence-electron chi connectivity index (χ4n) is 2.04. The van der Waals surface area contributed by atoms with Crippen molar-refractivity contribution in [2.45, 2.75) is 13.5 Å². The first-order valence-corrected chi connectivity index (χ1v) is 6.87. The third-order valence-electron chi connectivity index (χ3n) is 3.18. The summed E-state index contributed by atoms with van der Waals surface area (Å²) < 4.78 is 10.5. The van der Waals surface area contributed by atoms with Gasteiger partial charge in [-0.15, -0.1) is 0 Å². The van der Waals surface area contributed by atoms with E-state index in [0.717, 1.165) is 16.8 Å². The number of aryl methyl sites for hydroxylation is 1. The van der Waals surface area contributed by atoms with E-state index >= 15 is 0 Å². The first kappa shape index (κ1) is 15.3. The highest BCUT2D eigenvalue weighted by Crippen LogP contribution is 2.36. The molecule has 0 radical (unpaired) electrons. The second-order valence-corrected chi connectivity index (χ2v) is 5.08. The zero-order chi connectivity index (χ0) is 15.4. The molecule has 0 heterocycles. The highest BCUT2D eigenvalue weighted by atomic mass is 35.5. The molecule has 0 saturated carbocycles. The summed E-state index contributed by atoms with van der Waals surface area (Å²) in [7, 11) is 3.14. The molecule has 112 valence electrons. The number of hydrogen-bond acceptors (Lipinski definition) is 4. The topological polar surface area (TPSA) is 50.7 Å². The SMILES string of the molecule is COc1cc(OC)c(NCc2cc(C)ccc2O)cc1Cl. The van der Waals surface area contributed by atoms with Crippen molar-refractivity contribution >= 4 is 17.3 Å². The van der Waals surface area contributed by atoms with Gasteiger partial charge in [0, 0.05) is 18.2 Å². The third-order valence-corrected chi connectivity index (χ3v) is 3.47. The second kappa shape index (κ2) is 6.59. The molecule has 21 heavy (non-hydrogen) atoms. The van der Waals surface area contributed by atoms with Crippen LogP contribution in [0, 0.1) is 6.92 Å². The van der Waals surface area contributed by atoms with Crippen molar-refractivity contribution in [2.24, 2.45) is 0 Å². The summed E-state index contributed by atoms with van der Waals surface area (Å²) in [4.78, 5) is 0. The van der Waals surface area contributed by atoms with Gasteiger partial charge in [-0.3, -0.25) is 0 Å². The van der Waals surface area contributed by atoms with Gasteiger partial charge in [0.2, 0.25) is 0 Å². The molecule has 0 amide bonds. The van der Waals surface area contributed by atoms with Crippen LogP contribution in [0.1, 0.15) is 11.1 Å². The molecule has 0 spiro atoms. The smallest absolute Gasteiger partial charge is 0.145 e. The number of phenols is 1. The molecular formula is C16H18ClNO3. The van der Waals surface area contributed by atoms with E-state index in [-0.39, 0.29) is 5.75 Å². The average molecular weight is 308 g/mol. The zero-order valence-corrected chi connectivity index (χ0v) is 13.0. The highest BCUT2D eigenvalue weighted by Gasteiger charge is 2.10. The lowest BCUT2D eigenvalue weighted by Crippen LogP contribution is -2.02. The van der Waals surface area contributed by atoms with Gasteiger partial charge in [0.05, 0.1) is 24.9 Å². The summed E-state index contributed by atoms with van der Waals surface area (Å²) in [6, 6.07) is 8.95. The number of halogens is 1. The zero-order valence-electron chi connectivity index (χ0n) is 12.2. The van der Waals surface area contributed by atoms with Crippen LogP contribution in [-0.2, 0) is 6.54 Å². The number of nitrogens with one attached hydrogen (secondary N) is 1. The fraction of sp³-hybridized carbons (Fsp3) is 0.250. The van der Waals surface area contributed by atoms with Crippen LogP contribution in [-0.4, -0.2) is 19.3 Å². The van der Waals surface area contributed by atoms with Crippen LogP contribution in [0.5, 0.6) is 17.2 Å². The lowest BCUT2D eigenvalue weighted by molar-refractivity contribution is 0.395. The highest BCUT2D eigenvalue weighted by molar-refractivity contribution is 6.32. The first-order valence-electron chi connectivity index (χ1n) is 6.49. The van der Waals surface area contributed by atoms with E-state index in [0.29, 0.717) is 23.1 Å². The normalized spacial score (nSPS) is 10.3. The van der Waals surface area contributed by atoms with E-state index in [2.05, 4.69) is 5.32 Å². The molecule has 0 saturated heterocycles. The van der Waals surface area contributed by atoms with E-state index in [4.69, 9.17) is 21.1 Å². The summed E-state index contributed by atoms with van der Waals surface area (Å²) >= 11 is 6.13. The molecule has 0 aliphatic rings. The van der Waals surface area contributed by atoms with Crippen LogP contribution >= 0.6 is 11.6 Å². The van der Waals surface area contributed by atoms with Gasteiger partial charge in [0.1, 0.15) is 17.2 Å². The molecule has 5 heteroatoms. The molecule has 0 fully saturated rings. The van der Waals surface area contributed by atoms with Crippen LogP contribution < -0.4 is 14.8 Å². The maximum absolute atomic E-state index is 9.86. The molecule has 0 aliphatic heterocycles. The van der Waals surface area contributed by atoms with Gasteiger partial charge in [0.15, 0.2) is 0 Å². The van der Waals surface area contributed by atoms with Crippen LogP contribution in [0.15, 0.2) is 30.3 Å². The third kappa shape index (κ3) is 3.52. The van der Waals surface area contributed by atoms with Gasteiger partial charge < -0.3 is 19.9 Å². The Labute approximate surface area is 129 Å². The molecule has 0 atom stereocenters. The van der Waals surface area contributed by atoms with Crippen molar-refractivity contribution in [3.63, 3.8) is 0 Å². The molecule has 2 aromatic rings. The van der Waals surface area contributed by atoms with Gasteiger partial charge in [-0.1, -0.05) is 29.3 Å². The van der Waals surface area contributed by atoms with E-state index in [1.165, 1.54) is 0 Å². The van der Waals surface area contributed by atoms with E-state index < -0.39 is 0 Å². The predicted molar refractivity (Wildman–Crippen MR) is 84.7 cm³/mol. The van der Waals surface area contributed by atoms with Crippen LogP contribution in [0.3, 0.4) is 0 Å². The lowest BCUT2D eigenvalue weighted by Gasteiger charge is -2.14. The quantitative estimate of drug-likeness (QED) is 0.877. The minimum atomic E-state index is 0.256. The predicted octanol–water partition coefficient (Wildman–Crippen LogP) is 3.98. The maximum atomic E-state index is 9.86. The molecule has 0 unspecified atom stereocenters. The van der Waals surface area contributed by atoms with Gasteiger partial charge in [0.25, 0.3) is 0 Å². The van der Waals surface area contributed by atoms with E-state index in [9.17, 15) is 5.11 Å². The monoisotopic (exact) mass is 307 g/mol. The largest absolute Gasteiger partial charge is 0.508 e. The van der Waals surface area contributed by atoms with Crippen molar-refractivity contribution < 1.29 is 14.6 Å². The molecule has 2 N–H and O–H groups in total. The Kier molecular flexibility index (Phi) is 4.81. The summed E-state index contributed by atoms with van der Waals surface area (Å²) in [6.07, 6.45) is 0. The number of rotatable bonds is 5. The Morgan fingerprint density at radius 3 is 2.48 bits per heavy atom. The number of phenolic OH excluding ortho intramolecular Hbond substituents is 1. The summed E-state index contributed by atoms with van der Waals surface area (Å²) in [5, 5.41) is 13.6. The Bertz CT molecular complexity index is 644. The minimum Gasteiger partial charge on any atom is -0.508 e. The lowest BCUT2D eigenvalue weighted by atomic mass is 10.1. The van der Waals surface area contributed by atoms with Gasteiger partial charge >= 0.3 is 0 Å². The van der Waals surface area contributed by atoms with E-state index in [1.54, 1.807) is 32.4 Å². The van der Waals surface area contributed by atoms with Crippen molar-refractivity contribution in [3.8, 4) is 17.2 Å². The van der Waals surface area contributed by atoms with Crippen LogP contribution in [0.2, 0.25) is 5.02 Å². The van der Waals surface area contributed by atoms with Crippen LogP contribution in [0.25, 0.3) is 0 Å². The fourth-order valence-corrected chi connectivity index (χ4v) is 2.29. The average Bonchev–Trinajstić information content (AvgIpc) is 2.48. The Morgan fingerprint density at radius 2 is 1.81 bits per heavy atom. The molecular weight excluding hydrogens is 290 g/mol. The first-order chi connectivity index (χ1) is 10.0. The summed E-state index contributed by atoms with van der Waals surface area (Å²) in [6.45, 7) is 2.44. The van der Waals surface area contributed by atoms with Crippen molar-refractivity contribution in [3.05, 3.63) is 46.5 Å². The maximum Gasteiger partial charge on any atom is 0.145 e. The molecule has 4 nitrogen and oxygen atoms in total. The number of hydrogen-bond donors (Lipinski definition) is 2. The van der Waals surface area contributed by atoms with Crippen LogP contribution in [0.4, 0.5) is 5.69 Å². The molecule has 0 aliphatic carbocycles. The Balaban J connectivity index is 2.23. The molecule has 2 aromatic carbocycles. The van der Waals surface area contributed by atoms with E-state index in [1.807, 2.05) is 19.1 Å². The molecule has 0 aromatic heterocycles. The number of aromatic hydroxyl groups is 1. The van der Waals surface area contributed by atoms with Gasteiger partial charge in [-0.2, -0.15) is 0 Å². The van der Waals surface area contributed by atoms with Gasteiger partial charge in [-0.05, 0) is 19.1 Å². The minimum absolute atomic E-state index is 0.256. The Hall–Kier alpha value is -2.07. The second-order valence-electron chi connectivity index (χ2n) is 4.67. The number of benzene rings is 2. The molecule has 0 bridgehead atoms. The standard InChI is InChI=1S/C16H18ClNO3/c1-10-4-5-14(19)11(6-10)9-18-13-7-12(17)15(20-2)8-16(13)21-3/h4-8,18-19H,9H2,1-3H3. The summed E-state index contributed by atoms with van der Waals surface area (Å²) in [5.41, 5.74) is 2.64. The van der Waals surface area contributed by atoms with Gasteiger partial charge in [-0.25, -0.2) is 0 Å². The number of anilines is 1.